The van der Waals surface area contributed by atoms with E-state index in [1.807, 2.05) is 18.2 Å². The van der Waals surface area contributed by atoms with Crippen molar-refractivity contribution in [2.24, 2.45) is 0 Å². The first-order valence-electron chi connectivity index (χ1n) is 7.73. The lowest BCUT2D eigenvalue weighted by Crippen LogP contribution is -2.46. The molecule has 112 valence electrons. The van der Waals surface area contributed by atoms with Crippen molar-refractivity contribution in [3.8, 4) is 6.07 Å². The lowest BCUT2D eigenvalue weighted by Gasteiger charge is -2.40. The zero-order chi connectivity index (χ0) is 15.4. The molecule has 2 aromatic carbocycles. The molecule has 1 atom stereocenters. The van der Waals surface area contributed by atoms with Crippen LogP contribution in [0.3, 0.4) is 0 Å². The second kappa shape index (κ2) is 6.74. The molecule has 1 saturated heterocycles. The standard InChI is InChI=1S/C19H21N3/c1-21-10-11-22(14-17-7-5-6-16(12-17)13-20)19(15-21)18-8-3-2-4-9-18/h2-9,12,19H,10-11,14-15H2,1H3. The normalized spacial score (nSPS) is 19.7. The minimum absolute atomic E-state index is 0.408. The molecular weight excluding hydrogens is 270 g/mol. The highest BCUT2D eigenvalue weighted by molar-refractivity contribution is 5.33. The molecule has 0 radical (unpaired) electrons. The van der Waals surface area contributed by atoms with Gasteiger partial charge in [-0.2, -0.15) is 5.26 Å². The van der Waals surface area contributed by atoms with E-state index < -0.39 is 0 Å². The number of hydrogen-bond donors (Lipinski definition) is 0. The van der Waals surface area contributed by atoms with Crippen LogP contribution in [-0.4, -0.2) is 36.5 Å². The Kier molecular flexibility index (Phi) is 4.53. The summed E-state index contributed by atoms with van der Waals surface area (Å²) in [6.07, 6.45) is 0. The summed E-state index contributed by atoms with van der Waals surface area (Å²) in [7, 11) is 2.18. The summed E-state index contributed by atoms with van der Waals surface area (Å²) in [5, 5.41) is 9.06. The van der Waals surface area contributed by atoms with Crippen molar-refractivity contribution in [2.45, 2.75) is 12.6 Å². The van der Waals surface area contributed by atoms with Crippen molar-refractivity contribution < 1.29 is 0 Å². The first-order chi connectivity index (χ1) is 10.8. The quantitative estimate of drug-likeness (QED) is 0.870. The number of nitrogens with zero attached hydrogens (tertiary/aromatic N) is 3. The maximum atomic E-state index is 9.06. The predicted molar refractivity (Wildman–Crippen MR) is 88.2 cm³/mol. The Morgan fingerprint density at radius 2 is 1.91 bits per heavy atom. The first kappa shape index (κ1) is 14.8. The Bertz CT molecular complexity index is 660. The van der Waals surface area contributed by atoms with Gasteiger partial charge in [0.15, 0.2) is 0 Å². The Morgan fingerprint density at radius 1 is 1.09 bits per heavy atom. The molecule has 3 nitrogen and oxygen atoms in total. The van der Waals surface area contributed by atoms with Crippen LogP contribution in [0.15, 0.2) is 54.6 Å². The van der Waals surface area contributed by atoms with Crippen LogP contribution in [-0.2, 0) is 6.54 Å². The van der Waals surface area contributed by atoms with Gasteiger partial charge in [0, 0.05) is 32.2 Å². The summed E-state index contributed by atoms with van der Waals surface area (Å²) in [6.45, 7) is 4.07. The fourth-order valence-electron chi connectivity index (χ4n) is 3.11. The van der Waals surface area contributed by atoms with E-state index in [1.54, 1.807) is 0 Å². The zero-order valence-corrected chi connectivity index (χ0v) is 12.9. The summed E-state index contributed by atoms with van der Waals surface area (Å²) < 4.78 is 0. The topological polar surface area (TPSA) is 30.3 Å². The average Bonchev–Trinajstić information content (AvgIpc) is 2.57. The Morgan fingerprint density at radius 3 is 2.68 bits per heavy atom. The SMILES string of the molecule is CN1CCN(Cc2cccc(C#N)c2)C(c2ccccc2)C1. The fraction of sp³-hybridized carbons (Fsp3) is 0.316. The highest BCUT2D eigenvalue weighted by Crippen LogP contribution is 2.26. The van der Waals surface area contributed by atoms with Crippen LogP contribution in [0.25, 0.3) is 0 Å². The van der Waals surface area contributed by atoms with Crippen LogP contribution in [0.1, 0.15) is 22.7 Å². The minimum atomic E-state index is 0.408. The van der Waals surface area contributed by atoms with E-state index in [2.05, 4.69) is 59.3 Å². The van der Waals surface area contributed by atoms with E-state index >= 15 is 0 Å². The van der Waals surface area contributed by atoms with Crippen LogP contribution in [0, 0.1) is 11.3 Å². The Balaban J connectivity index is 1.82. The third kappa shape index (κ3) is 3.36. The van der Waals surface area contributed by atoms with Gasteiger partial charge in [-0.3, -0.25) is 4.90 Å². The number of benzene rings is 2. The van der Waals surface area contributed by atoms with Gasteiger partial charge in [-0.05, 0) is 30.3 Å². The summed E-state index contributed by atoms with van der Waals surface area (Å²) in [5.74, 6) is 0. The van der Waals surface area contributed by atoms with Gasteiger partial charge >= 0.3 is 0 Å². The van der Waals surface area contributed by atoms with Gasteiger partial charge in [0.25, 0.3) is 0 Å². The van der Waals surface area contributed by atoms with Crippen LogP contribution in [0.2, 0.25) is 0 Å². The predicted octanol–water partition coefficient (Wildman–Crippen LogP) is 3.05. The molecule has 1 fully saturated rings. The molecule has 2 aromatic rings. The number of rotatable bonds is 3. The largest absolute Gasteiger partial charge is 0.303 e. The molecule has 1 unspecified atom stereocenters. The maximum absolute atomic E-state index is 9.06. The van der Waals surface area contributed by atoms with Gasteiger partial charge < -0.3 is 4.90 Å². The van der Waals surface area contributed by atoms with E-state index in [9.17, 15) is 0 Å². The van der Waals surface area contributed by atoms with Crippen molar-refractivity contribution >= 4 is 0 Å². The summed E-state index contributed by atoms with van der Waals surface area (Å²) in [5.41, 5.74) is 3.32. The molecule has 0 spiro atoms. The molecule has 3 rings (SSSR count). The number of nitriles is 1. The lowest BCUT2D eigenvalue weighted by molar-refractivity contribution is 0.0834. The third-order valence-corrected chi connectivity index (χ3v) is 4.32. The van der Waals surface area contributed by atoms with Crippen molar-refractivity contribution in [3.63, 3.8) is 0 Å². The van der Waals surface area contributed by atoms with Gasteiger partial charge in [0.1, 0.15) is 0 Å². The monoisotopic (exact) mass is 291 g/mol. The molecule has 0 N–H and O–H groups in total. The van der Waals surface area contributed by atoms with Crippen molar-refractivity contribution in [3.05, 3.63) is 71.3 Å². The highest BCUT2D eigenvalue weighted by atomic mass is 15.3. The molecule has 22 heavy (non-hydrogen) atoms. The van der Waals surface area contributed by atoms with E-state index in [0.29, 0.717) is 6.04 Å². The molecule has 1 heterocycles. The Labute approximate surface area is 132 Å². The maximum Gasteiger partial charge on any atom is 0.0991 e. The molecule has 0 bridgehead atoms. The van der Waals surface area contributed by atoms with Crippen LogP contribution < -0.4 is 0 Å². The highest BCUT2D eigenvalue weighted by Gasteiger charge is 2.26. The summed E-state index contributed by atoms with van der Waals surface area (Å²) >= 11 is 0. The van der Waals surface area contributed by atoms with Crippen LogP contribution >= 0.6 is 0 Å². The number of hydrogen-bond acceptors (Lipinski definition) is 3. The van der Waals surface area contributed by atoms with Crippen molar-refractivity contribution in [1.29, 1.82) is 5.26 Å². The lowest BCUT2D eigenvalue weighted by atomic mass is 10.0. The smallest absolute Gasteiger partial charge is 0.0991 e. The average molecular weight is 291 g/mol. The minimum Gasteiger partial charge on any atom is -0.303 e. The van der Waals surface area contributed by atoms with Gasteiger partial charge in [0.05, 0.1) is 11.6 Å². The van der Waals surface area contributed by atoms with Crippen LogP contribution in [0.5, 0.6) is 0 Å². The van der Waals surface area contributed by atoms with Gasteiger partial charge in [-0.15, -0.1) is 0 Å². The molecule has 0 aliphatic carbocycles. The summed E-state index contributed by atoms with van der Waals surface area (Å²) in [4.78, 5) is 4.91. The molecule has 0 saturated carbocycles. The van der Waals surface area contributed by atoms with Gasteiger partial charge in [0.2, 0.25) is 0 Å². The molecule has 0 aromatic heterocycles. The molecule has 0 amide bonds. The van der Waals surface area contributed by atoms with Crippen molar-refractivity contribution in [2.75, 3.05) is 26.7 Å². The Hall–Kier alpha value is -2.15. The molecule has 1 aliphatic rings. The second-order valence-corrected chi connectivity index (χ2v) is 5.97. The zero-order valence-electron chi connectivity index (χ0n) is 12.9. The molecular formula is C19H21N3. The van der Waals surface area contributed by atoms with Gasteiger partial charge in [-0.25, -0.2) is 0 Å². The van der Waals surface area contributed by atoms with E-state index in [1.165, 1.54) is 11.1 Å². The number of likely N-dealkylation sites (N-methyl/N-ethyl adjacent to an activating group) is 1. The fourth-order valence-corrected chi connectivity index (χ4v) is 3.11. The first-order valence-corrected chi connectivity index (χ1v) is 7.73. The van der Waals surface area contributed by atoms with E-state index in [4.69, 9.17) is 5.26 Å². The van der Waals surface area contributed by atoms with E-state index in [-0.39, 0.29) is 0 Å². The van der Waals surface area contributed by atoms with Crippen molar-refractivity contribution in [1.82, 2.24) is 9.80 Å². The van der Waals surface area contributed by atoms with Gasteiger partial charge in [-0.1, -0.05) is 42.5 Å². The third-order valence-electron chi connectivity index (χ3n) is 4.32. The summed E-state index contributed by atoms with van der Waals surface area (Å²) in [6, 6.07) is 21.3. The molecule has 3 heteroatoms. The number of piperazine rings is 1. The second-order valence-electron chi connectivity index (χ2n) is 5.97. The van der Waals surface area contributed by atoms with Crippen LogP contribution in [0.4, 0.5) is 0 Å². The molecule has 1 aliphatic heterocycles. The van der Waals surface area contributed by atoms with E-state index in [0.717, 1.165) is 31.7 Å².